The van der Waals surface area contributed by atoms with Gasteiger partial charge in [-0.2, -0.15) is 5.26 Å². The molecule has 64 heavy (non-hydrogen) atoms. The molecular formula is C60H38N4. The lowest BCUT2D eigenvalue weighted by Gasteiger charge is -2.20. The van der Waals surface area contributed by atoms with Gasteiger partial charge in [0.15, 0.2) is 0 Å². The van der Waals surface area contributed by atoms with Gasteiger partial charge >= 0.3 is 0 Å². The summed E-state index contributed by atoms with van der Waals surface area (Å²) >= 11 is 0. The molecule has 298 valence electrons. The number of nitriles is 1. The molecular weight excluding hydrogens is 777 g/mol. The average molecular weight is 815 g/mol. The zero-order valence-electron chi connectivity index (χ0n) is 34.7. The number of aromatic nitrogens is 3. The maximum atomic E-state index is 11.0. The van der Waals surface area contributed by atoms with Gasteiger partial charge in [-0.15, -0.1) is 0 Å². The number of rotatable bonds is 7. The Morgan fingerprint density at radius 1 is 0.328 bits per heavy atom. The Hall–Kier alpha value is -8.78. The molecule has 0 aliphatic heterocycles. The van der Waals surface area contributed by atoms with Crippen LogP contribution >= 0.6 is 0 Å². The van der Waals surface area contributed by atoms with E-state index in [2.05, 4.69) is 226 Å². The molecule has 0 N–H and O–H groups in total. The summed E-state index contributed by atoms with van der Waals surface area (Å²) in [5.74, 6) is 0. The molecule has 0 atom stereocenters. The normalized spacial score (nSPS) is 11.4. The Bertz CT molecular complexity index is 3780. The van der Waals surface area contributed by atoms with E-state index in [1.807, 2.05) is 12.1 Å². The first kappa shape index (κ1) is 37.0. The van der Waals surface area contributed by atoms with Gasteiger partial charge in [-0.1, -0.05) is 170 Å². The quantitative estimate of drug-likeness (QED) is 0.161. The number of hydrogen-bond donors (Lipinski definition) is 0. The number of benzene rings is 9. The molecule has 0 amide bonds. The van der Waals surface area contributed by atoms with Crippen LogP contribution in [0.1, 0.15) is 5.56 Å². The first-order valence-corrected chi connectivity index (χ1v) is 21.6. The minimum absolute atomic E-state index is 0.583. The van der Waals surface area contributed by atoms with E-state index < -0.39 is 0 Å². The molecule has 0 saturated carbocycles. The molecule has 3 heterocycles. The van der Waals surface area contributed by atoms with Crippen LogP contribution < -0.4 is 0 Å². The lowest BCUT2D eigenvalue weighted by Crippen LogP contribution is -2.05. The fraction of sp³-hybridized carbons (Fsp3) is 0. The van der Waals surface area contributed by atoms with E-state index >= 15 is 0 Å². The van der Waals surface area contributed by atoms with Gasteiger partial charge in [-0.25, -0.2) is 0 Å². The number of nitrogens with zero attached hydrogens (tertiary/aromatic N) is 4. The van der Waals surface area contributed by atoms with E-state index in [-0.39, 0.29) is 0 Å². The highest BCUT2D eigenvalue weighted by atomic mass is 15.1. The SMILES string of the molecule is N#Cc1cc(-n2c3ccccc3c3c(-c4ccccc4-c4ccccc4)cccc32)c(-n2c3ccccc3c3c(-c4ccccc4-c4ccccc4)cccc32)cc1-c1ccncc1. The van der Waals surface area contributed by atoms with Crippen molar-refractivity contribution in [3.63, 3.8) is 0 Å². The molecule has 0 aliphatic rings. The Balaban J connectivity index is 1.20. The van der Waals surface area contributed by atoms with Crippen molar-refractivity contribution in [2.75, 3.05) is 0 Å². The van der Waals surface area contributed by atoms with Crippen LogP contribution in [-0.2, 0) is 0 Å². The summed E-state index contributed by atoms with van der Waals surface area (Å²) in [5, 5.41) is 15.6. The lowest BCUT2D eigenvalue weighted by molar-refractivity contribution is 1.09. The summed E-state index contributed by atoms with van der Waals surface area (Å²) in [6, 6.07) is 80.3. The van der Waals surface area contributed by atoms with Crippen molar-refractivity contribution >= 4 is 43.6 Å². The second kappa shape index (κ2) is 15.3. The molecule has 0 unspecified atom stereocenters. The Kier molecular flexibility index (Phi) is 8.84. The molecule has 4 heteroatoms. The van der Waals surface area contributed by atoms with Gasteiger partial charge in [0.2, 0.25) is 0 Å². The largest absolute Gasteiger partial charge is 0.307 e. The van der Waals surface area contributed by atoms with Gasteiger partial charge < -0.3 is 9.13 Å². The molecule has 0 aliphatic carbocycles. The van der Waals surface area contributed by atoms with Crippen molar-refractivity contribution in [2.24, 2.45) is 0 Å². The van der Waals surface area contributed by atoms with Crippen LogP contribution in [0.4, 0.5) is 0 Å². The fourth-order valence-electron chi connectivity index (χ4n) is 9.98. The molecule has 3 aromatic heterocycles. The third-order valence-electron chi connectivity index (χ3n) is 12.7. The first-order valence-electron chi connectivity index (χ1n) is 21.6. The summed E-state index contributed by atoms with van der Waals surface area (Å²) in [5.41, 5.74) is 17.9. The van der Waals surface area contributed by atoms with Gasteiger partial charge in [0.05, 0.1) is 45.1 Å². The molecule has 4 nitrogen and oxygen atoms in total. The summed E-state index contributed by atoms with van der Waals surface area (Å²) in [7, 11) is 0. The van der Waals surface area contributed by atoms with Crippen LogP contribution in [0.25, 0.3) is 111 Å². The zero-order chi connectivity index (χ0) is 42.6. The Morgan fingerprint density at radius 2 is 0.719 bits per heavy atom. The number of pyridine rings is 1. The predicted molar refractivity (Wildman–Crippen MR) is 265 cm³/mol. The highest BCUT2D eigenvalue weighted by Crippen LogP contribution is 2.46. The molecule has 0 spiro atoms. The van der Waals surface area contributed by atoms with Crippen molar-refractivity contribution in [1.82, 2.24) is 14.1 Å². The number of para-hydroxylation sites is 2. The molecule has 12 aromatic rings. The standard InChI is InChI=1S/C60H38N4/c61-39-43-37-57(63-53-29-13-11-25-50(53)59-48(27-15-31-55(59)63)46-23-9-7-21-44(46)40-17-3-1-4-18-40)58(38-52(43)42-33-35-62-36-34-42)64-54-30-14-12-26-51(54)60-49(28-16-32-56(60)64)47-24-10-8-22-45(47)41-19-5-2-6-20-41/h1-38H. The zero-order valence-corrected chi connectivity index (χ0v) is 34.7. The lowest BCUT2D eigenvalue weighted by atomic mass is 9.92. The van der Waals surface area contributed by atoms with E-state index in [4.69, 9.17) is 0 Å². The van der Waals surface area contributed by atoms with Gasteiger partial charge in [-0.3, -0.25) is 4.98 Å². The minimum Gasteiger partial charge on any atom is -0.307 e. The van der Waals surface area contributed by atoms with E-state index in [9.17, 15) is 5.26 Å². The summed E-state index contributed by atoms with van der Waals surface area (Å²) in [4.78, 5) is 4.34. The van der Waals surface area contributed by atoms with Crippen LogP contribution in [0.3, 0.4) is 0 Å². The van der Waals surface area contributed by atoms with E-state index in [1.54, 1.807) is 12.4 Å². The van der Waals surface area contributed by atoms with Crippen LogP contribution in [0, 0.1) is 11.3 Å². The van der Waals surface area contributed by atoms with Gasteiger partial charge in [0, 0.05) is 39.5 Å². The van der Waals surface area contributed by atoms with Crippen LogP contribution in [0.2, 0.25) is 0 Å². The third-order valence-corrected chi connectivity index (χ3v) is 12.7. The number of hydrogen-bond acceptors (Lipinski definition) is 2. The van der Waals surface area contributed by atoms with Crippen molar-refractivity contribution in [1.29, 1.82) is 5.26 Å². The van der Waals surface area contributed by atoms with Crippen LogP contribution in [0.5, 0.6) is 0 Å². The van der Waals surface area contributed by atoms with Gasteiger partial charge in [0.25, 0.3) is 0 Å². The van der Waals surface area contributed by atoms with Crippen molar-refractivity contribution in [3.8, 4) is 73.1 Å². The number of fused-ring (bicyclic) bond motifs is 6. The van der Waals surface area contributed by atoms with E-state index in [0.29, 0.717) is 5.56 Å². The summed E-state index contributed by atoms with van der Waals surface area (Å²) in [6.45, 7) is 0. The molecule has 12 rings (SSSR count). The second-order valence-electron chi connectivity index (χ2n) is 16.2. The van der Waals surface area contributed by atoms with Gasteiger partial charge in [-0.05, 0) is 98.6 Å². The maximum Gasteiger partial charge on any atom is 0.0998 e. The average Bonchev–Trinajstić information content (AvgIpc) is 3.90. The van der Waals surface area contributed by atoms with Crippen molar-refractivity contribution < 1.29 is 0 Å². The maximum absolute atomic E-state index is 11.0. The van der Waals surface area contributed by atoms with E-state index in [1.165, 1.54) is 38.8 Å². The third kappa shape index (κ3) is 5.87. The van der Waals surface area contributed by atoms with Crippen molar-refractivity contribution in [2.45, 2.75) is 0 Å². The van der Waals surface area contributed by atoms with Gasteiger partial charge in [0.1, 0.15) is 0 Å². The summed E-state index contributed by atoms with van der Waals surface area (Å²) in [6.07, 6.45) is 3.59. The monoisotopic (exact) mass is 814 g/mol. The smallest absolute Gasteiger partial charge is 0.0998 e. The molecule has 0 fully saturated rings. The summed E-state index contributed by atoms with van der Waals surface area (Å²) < 4.78 is 4.79. The fourth-order valence-corrected chi connectivity index (χ4v) is 9.98. The highest BCUT2D eigenvalue weighted by Gasteiger charge is 2.25. The van der Waals surface area contributed by atoms with Crippen molar-refractivity contribution in [3.05, 3.63) is 236 Å². The topological polar surface area (TPSA) is 46.5 Å². The Morgan fingerprint density at radius 3 is 1.22 bits per heavy atom. The van der Waals surface area contributed by atoms with E-state index in [0.717, 1.165) is 71.9 Å². The Labute approximate surface area is 370 Å². The molecule has 0 bridgehead atoms. The second-order valence-corrected chi connectivity index (χ2v) is 16.2. The predicted octanol–water partition coefficient (Wildman–Crippen LogP) is 15.5. The minimum atomic E-state index is 0.583. The van der Waals surface area contributed by atoms with Crippen LogP contribution in [0.15, 0.2) is 231 Å². The van der Waals surface area contributed by atoms with Crippen LogP contribution in [-0.4, -0.2) is 14.1 Å². The first-order chi connectivity index (χ1) is 31.8. The molecule has 9 aromatic carbocycles. The molecule has 0 saturated heterocycles. The highest BCUT2D eigenvalue weighted by molar-refractivity contribution is 6.19. The molecule has 0 radical (unpaired) electrons.